The lowest BCUT2D eigenvalue weighted by Gasteiger charge is -2.13. The Kier molecular flexibility index (Phi) is 3.80. The topological polar surface area (TPSA) is 62.2 Å². The van der Waals surface area contributed by atoms with Gasteiger partial charge in [-0.3, -0.25) is 0 Å². The number of hydrogen-bond donors (Lipinski definition) is 2. The van der Waals surface area contributed by atoms with E-state index in [-0.39, 0.29) is 17.6 Å². The molecule has 100 valence electrons. The number of thiazole rings is 1. The molecule has 0 aliphatic rings. The van der Waals surface area contributed by atoms with Gasteiger partial charge in [-0.05, 0) is 31.0 Å². The van der Waals surface area contributed by atoms with Crippen LogP contribution in [-0.4, -0.2) is 16.1 Å². The summed E-state index contributed by atoms with van der Waals surface area (Å²) in [4.78, 5) is 14.6. The van der Waals surface area contributed by atoms with Crippen LogP contribution in [0.15, 0.2) is 23.6 Å². The van der Waals surface area contributed by atoms with Gasteiger partial charge in [-0.15, -0.1) is 11.3 Å². The normalized spacial score (nSPS) is 12.2. The van der Waals surface area contributed by atoms with Gasteiger partial charge in [-0.25, -0.2) is 14.2 Å². The second kappa shape index (κ2) is 5.36. The van der Waals surface area contributed by atoms with Gasteiger partial charge in [0.15, 0.2) is 10.8 Å². The fourth-order valence-corrected chi connectivity index (χ4v) is 2.36. The van der Waals surface area contributed by atoms with E-state index in [0.717, 1.165) is 5.56 Å². The zero-order valence-corrected chi connectivity index (χ0v) is 11.3. The Hall–Kier alpha value is -1.95. The lowest BCUT2D eigenvalue weighted by atomic mass is 10.1. The zero-order chi connectivity index (χ0) is 14.0. The zero-order valence-electron chi connectivity index (χ0n) is 10.5. The van der Waals surface area contributed by atoms with Crippen LogP contribution < -0.4 is 5.32 Å². The van der Waals surface area contributed by atoms with E-state index in [2.05, 4.69) is 10.3 Å². The van der Waals surface area contributed by atoms with Crippen LogP contribution in [0, 0.1) is 12.7 Å². The first-order valence-corrected chi connectivity index (χ1v) is 6.56. The van der Waals surface area contributed by atoms with Crippen molar-refractivity contribution >= 4 is 22.4 Å². The summed E-state index contributed by atoms with van der Waals surface area (Å²) in [6.07, 6.45) is 0. The van der Waals surface area contributed by atoms with Gasteiger partial charge in [0.05, 0.1) is 6.04 Å². The quantitative estimate of drug-likeness (QED) is 0.900. The monoisotopic (exact) mass is 280 g/mol. The molecule has 1 atom stereocenters. The van der Waals surface area contributed by atoms with Crippen LogP contribution in [0.25, 0.3) is 0 Å². The number of nitrogens with one attached hydrogen (secondary N) is 1. The van der Waals surface area contributed by atoms with Crippen molar-refractivity contribution in [2.75, 3.05) is 5.32 Å². The summed E-state index contributed by atoms with van der Waals surface area (Å²) in [5.41, 5.74) is 1.39. The Balaban J connectivity index is 2.13. The summed E-state index contributed by atoms with van der Waals surface area (Å²) < 4.78 is 13.5. The largest absolute Gasteiger partial charge is 0.476 e. The van der Waals surface area contributed by atoms with Crippen LogP contribution in [0.4, 0.5) is 9.52 Å². The molecule has 1 heterocycles. The molecule has 0 aliphatic carbocycles. The molecule has 1 aromatic heterocycles. The fourth-order valence-electron chi connectivity index (χ4n) is 1.59. The van der Waals surface area contributed by atoms with Crippen LogP contribution in [-0.2, 0) is 0 Å². The van der Waals surface area contributed by atoms with Gasteiger partial charge < -0.3 is 10.4 Å². The first kappa shape index (κ1) is 13.5. The first-order chi connectivity index (χ1) is 8.97. The molecule has 0 aliphatic heterocycles. The Morgan fingerprint density at radius 2 is 2.26 bits per heavy atom. The molecule has 2 N–H and O–H groups in total. The molecule has 0 amide bonds. The number of anilines is 1. The molecular weight excluding hydrogens is 267 g/mol. The number of aryl methyl sites for hydroxylation is 1. The molecule has 0 radical (unpaired) electrons. The minimum absolute atomic E-state index is 0.00906. The van der Waals surface area contributed by atoms with Gasteiger partial charge in [-0.1, -0.05) is 12.1 Å². The van der Waals surface area contributed by atoms with Crippen molar-refractivity contribution < 1.29 is 14.3 Å². The van der Waals surface area contributed by atoms with Gasteiger partial charge in [0.2, 0.25) is 0 Å². The molecule has 0 bridgehead atoms. The van der Waals surface area contributed by atoms with E-state index in [0.29, 0.717) is 10.7 Å². The number of aromatic nitrogens is 1. The maximum Gasteiger partial charge on any atom is 0.355 e. The lowest BCUT2D eigenvalue weighted by Crippen LogP contribution is -2.07. The minimum atomic E-state index is -1.06. The van der Waals surface area contributed by atoms with Crippen molar-refractivity contribution in [1.82, 2.24) is 4.98 Å². The van der Waals surface area contributed by atoms with E-state index in [1.54, 1.807) is 13.0 Å². The van der Waals surface area contributed by atoms with Crippen LogP contribution in [0.1, 0.15) is 34.6 Å². The number of carboxylic acids is 1. The number of benzene rings is 1. The average Bonchev–Trinajstić information content (AvgIpc) is 2.81. The molecule has 2 aromatic rings. The van der Waals surface area contributed by atoms with Gasteiger partial charge in [-0.2, -0.15) is 0 Å². The number of halogens is 1. The molecule has 0 saturated carbocycles. The van der Waals surface area contributed by atoms with Crippen molar-refractivity contribution in [3.63, 3.8) is 0 Å². The third-order valence-corrected chi connectivity index (χ3v) is 3.53. The molecule has 0 spiro atoms. The first-order valence-electron chi connectivity index (χ1n) is 5.69. The fraction of sp³-hybridized carbons (Fsp3) is 0.231. The summed E-state index contributed by atoms with van der Waals surface area (Å²) in [5, 5.41) is 13.8. The Bertz CT molecular complexity index is 612. The van der Waals surface area contributed by atoms with E-state index in [9.17, 15) is 9.18 Å². The SMILES string of the molecule is Cc1ccc(C(C)Nc2nc(C(=O)O)cs2)cc1F. The number of rotatable bonds is 4. The number of carbonyl (C=O) groups is 1. The van der Waals surface area contributed by atoms with E-state index in [1.165, 1.54) is 22.8 Å². The van der Waals surface area contributed by atoms with Crippen molar-refractivity contribution in [2.45, 2.75) is 19.9 Å². The summed E-state index contributed by atoms with van der Waals surface area (Å²) in [6, 6.07) is 4.87. The maximum atomic E-state index is 13.5. The number of hydrogen-bond acceptors (Lipinski definition) is 4. The maximum absolute atomic E-state index is 13.5. The predicted octanol–water partition coefficient (Wildman–Crippen LogP) is 3.46. The molecule has 6 heteroatoms. The van der Waals surface area contributed by atoms with Crippen LogP contribution in [0.2, 0.25) is 0 Å². The Labute approximate surface area is 113 Å². The van der Waals surface area contributed by atoms with Crippen molar-refractivity contribution in [2.24, 2.45) is 0 Å². The minimum Gasteiger partial charge on any atom is -0.476 e. The van der Waals surface area contributed by atoms with Crippen LogP contribution in [0.3, 0.4) is 0 Å². The highest BCUT2D eigenvalue weighted by molar-refractivity contribution is 7.13. The van der Waals surface area contributed by atoms with Crippen LogP contribution in [0.5, 0.6) is 0 Å². The predicted molar refractivity (Wildman–Crippen MR) is 72.2 cm³/mol. The van der Waals surface area contributed by atoms with E-state index in [1.807, 2.05) is 13.0 Å². The molecule has 19 heavy (non-hydrogen) atoms. The van der Waals surface area contributed by atoms with Gasteiger partial charge >= 0.3 is 5.97 Å². The van der Waals surface area contributed by atoms with Crippen LogP contribution >= 0.6 is 11.3 Å². The highest BCUT2D eigenvalue weighted by Crippen LogP contribution is 2.23. The second-order valence-corrected chi connectivity index (χ2v) is 5.08. The average molecular weight is 280 g/mol. The highest BCUT2D eigenvalue weighted by atomic mass is 32.1. The summed E-state index contributed by atoms with van der Waals surface area (Å²) >= 11 is 1.21. The van der Waals surface area contributed by atoms with E-state index < -0.39 is 5.97 Å². The van der Waals surface area contributed by atoms with E-state index >= 15 is 0 Å². The summed E-state index contributed by atoms with van der Waals surface area (Å²) in [7, 11) is 0. The lowest BCUT2D eigenvalue weighted by molar-refractivity contribution is 0.0691. The Morgan fingerprint density at radius 1 is 1.53 bits per heavy atom. The Morgan fingerprint density at radius 3 is 2.84 bits per heavy atom. The summed E-state index contributed by atoms with van der Waals surface area (Å²) in [5.74, 6) is -1.31. The van der Waals surface area contributed by atoms with E-state index in [4.69, 9.17) is 5.11 Å². The second-order valence-electron chi connectivity index (χ2n) is 4.22. The smallest absolute Gasteiger partial charge is 0.355 e. The molecule has 1 aromatic carbocycles. The summed E-state index contributed by atoms with van der Waals surface area (Å²) in [6.45, 7) is 3.57. The van der Waals surface area contributed by atoms with Gasteiger partial charge in [0, 0.05) is 5.38 Å². The number of carboxylic acid groups (broad SMARTS) is 1. The van der Waals surface area contributed by atoms with Crippen molar-refractivity contribution in [3.8, 4) is 0 Å². The molecule has 2 rings (SSSR count). The molecular formula is C13H13FN2O2S. The number of aromatic carboxylic acids is 1. The third kappa shape index (κ3) is 3.08. The molecule has 4 nitrogen and oxygen atoms in total. The number of nitrogens with zero attached hydrogens (tertiary/aromatic N) is 1. The molecule has 0 fully saturated rings. The molecule has 1 unspecified atom stereocenters. The molecule has 0 saturated heterocycles. The third-order valence-electron chi connectivity index (χ3n) is 2.76. The van der Waals surface area contributed by atoms with Crippen molar-refractivity contribution in [1.29, 1.82) is 0 Å². The van der Waals surface area contributed by atoms with Crippen molar-refractivity contribution in [3.05, 3.63) is 46.2 Å². The van der Waals surface area contributed by atoms with Gasteiger partial charge in [0.1, 0.15) is 5.82 Å². The highest BCUT2D eigenvalue weighted by Gasteiger charge is 2.12. The standard InChI is InChI=1S/C13H13FN2O2S/c1-7-3-4-9(5-10(7)14)8(2)15-13-16-11(6-19-13)12(17)18/h3-6,8H,1-2H3,(H,15,16)(H,17,18). The van der Waals surface area contributed by atoms with Gasteiger partial charge in [0.25, 0.3) is 0 Å².